The first-order chi connectivity index (χ1) is 9.71. The van der Waals surface area contributed by atoms with Crippen LogP contribution < -0.4 is 0 Å². The zero-order valence-electron chi connectivity index (χ0n) is 11.7. The van der Waals surface area contributed by atoms with Crippen molar-refractivity contribution in [1.82, 2.24) is 14.3 Å². The Morgan fingerprint density at radius 2 is 2.10 bits per heavy atom. The highest BCUT2D eigenvalue weighted by atomic mass is 15.3. The Balaban J connectivity index is 2.04. The summed E-state index contributed by atoms with van der Waals surface area (Å²) in [5.41, 5.74) is 4.00. The third kappa shape index (κ3) is 2.08. The number of rotatable bonds is 3. The summed E-state index contributed by atoms with van der Waals surface area (Å²) in [6, 6.07) is 12.2. The second-order valence-electron chi connectivity index (χ2n) is 4.92. The van der Waals surface area contributed by atoms with Crippen molar-refractivity contribution in [2.45, 2.75) is 26.9 Å². The van der Waals surface area contributed by atoms with Crippen LogP contribution in [0.3, 0.4) is 0 Å². The van der Waals surface area contributed by atoms with Gasteiger partial charge in [-0.25, -0.2) is 0 Å². The molecule has 0 N–H and O–H groups in total. The van der Waals surface area contributed by atoms with Crippen LogP contribution in [0.2, 0.25) is 0 Å². The number of fused-ring (bicyclic) bond motifs is 1. The molecule has 1 aromatic carbocycles. The number of aromatic nitrogens is 3. The Bertz CT molecular complexity index is 802. The van der Waals surface area contributed by atoms with Crippen LogP contribution >= 0.6 is 0 Å². The monoisotopic (exact) mass is 264 g/mol. The zero-order valence-corrected chi connectivity index (χ0v) is 11.7. The van der Waals surface area contributed by atoms with E-state index in [-0.39, 0.29) is 0 Å². The van der Waals surface area contributed by atoms with Gasteiger partial charge in [0, 0.05) is 18.3 Å². The molecule has 0 aliphatic heterocycles. The maximum absolute atomic E-state index is 9.03. The van der Waals surface area contributed by atoms with Crippen molar-refractivity contribution in [3.05, 3.63) is 53.5 Å². The quantitative estimate of drug-likeness (QED) is 0.729. The maximum Gasteiger partial charge on any atom is 0.0992 e. The van der Waals surface area contributed by atoms with Gasteiger partial charge in [0.15, 0.2) is 0 Å². The average molecular weight is 264 g/mol. The van der Waals surface area contributed by atoms with Crippen molar-refractivity contribution in [3.8, 4) is 6.07 Å². The first-order valence-electron chi connectivity index (χ1n) is 6.73. The molecule has 0 saturated carbocycles. The normalized spacial score (nSPS) is 10.8. The smallest absolute Gasteiger partial charge is 0.0992 e. The Kier molecular flexibility index (Phi) is 3.03. The van der Waals surface area contributed by atoms with Crippen LogP contribution in [0.5, 0.6) is 0 Å². The standard InChI is InChI=1S/C16H16N4/c1-3-20-15(8-12(2)18-20)11-19-7-6-14-5-4-13(10-17)9-16(14)19/h4-9H,3,11H2,1-2H3. The van der Waals surface area contributed by atoms with E-state index in [0.717, 1.165) is 29.7 Å². The van der Waals surface area contributed by atoms with Crippen LogP contribution in [-0.2, 0) is 13.1 Å². The third-order valence-corrected chi connectivity index (χ3v) is 3.52. The van der Waals surface area contributed by atoms with Gasteiger partial charge in [-0.1, -0.05) is 6.07 Å². The fourth-order valence-electron chi connectivity index (χ4n) is 2.57. The molecule has 0 atom stereocenters. The minimum absolute atomic E-state index is 0.692. The maximum atomic E-state index is 9.03. The van der Waals surface area contributed by atoms with Crippen molar-refractivity contribution in [3.63, 3.8) is 0 Å². The van der Waals surface area contributed by atoms with Crippen LogP contribution in [0, 0.1) is 18.3 Å². The highest BCUT2D eigenvalue weighted by molar-refractivity contribution is 5.81. The van der Waals surface area contributed by atoms with E-state index in [2.05, 4.69) is 41.0 Å². The highest BCUT2D eigenvalue weighted by Crippen LogP contribution is 2.19. The van der Waals surface area contributed by atoms with Gasteiger partial charge in [-0.15, -0.1) is 0 Å². The second-order valence-corrected chi connectivity index (χ2v) is 4.92. The highest BCUT2D eigenvalue weighted by Gasteiger charge is 2.07. The number of hydrogen-bond donors (Lipinski definition) is 0. The molecule has 2 aromatic heterocycles. The molecule has 0 amide bonds. The van der Waals surface area contributed by atoms with Gasteiger partial charge < -0.3 is 4.57 Å². The minimum Gasteiger partial charge on any atom is -0.341 e. The lowest BCUT2D eigenvalue weighted by molar-refractivity contribution is 0.602. The summed E-state index contributed by atoms with van der Waals surface area (Å²) in [5, 5.41) is 14.7. The molecule has 0 radical (unpaired) electrons. The predicted molar refractivity (Wildman–Crippen MR) is 78.4 cm³/mol. The average Bonchev–Trinajstić information content (AvgIpc) is 3.02. The number of nitriles is 1. The molecular formula is C16H16N4. The lowest BCUT2D eigenvalue weighted by Crippen LogP contribution is -2.07. The zero-order chi connectivity index (χ0) is 14.1. The summed E-state index contributed by atoms with van der Waals surface area (Å²) in [6.45, 7) is 5.74. The van der Waals surface area contributed by atoms with E-state index in [9.17, 15) is 0 Å². The van der Waals surface area contributed by atoms with Crippen LogP contribution in [0.25, 0.3) is 10.9 Å². The Hall–Kier alpha value is -2.54. The lowest BCUT2D eigenvalue weighted by atomic mass is 10.2. The van der Waals surface area contributed by atoms with Crippen LogP contribution in [0.15, 0.2) is 36.5 Å². The van der Waals surface area contributed by atoms with Crippen molar-refractivity contribution in [2.75, 3.05) is 0 Å². The van der Waals surface area contributed by atoms with Crippen molar-refractivity contribution < 1.29 is 0 Å². The second kappa shape index (κ2) is 4.86. The molecule has 100 valence electrons. The van der Waals surface area contributed by atoms with Crippen LogP contribution in [-0.4, -0.2) is 14.3 Å². The number of nitrogens with zero attached hydrogens (tertiary/aromatic N) is 4. The van der Waals surface area contributed by atoms with Gasteiger partial charge in [0.05, 0.1) is 29.6 Å². The van der Waals surface area contributed by atoms with Crippen LogP contribution in [0.4, 0.5) is 0 Å². The van der Waals surface area contributed by atoms with Crippen molar-refractivity contribution in [1.29, 1.82) is 5.26 Å². The lowest BCUT2D eigenvalue weighted by Gasteiger charge is -2.07. The minimum atomic E-state index is 0.692. The predicted octanol–water partition coefficient (Wildman–Crippen LogP) is 3.09. The van der Waals surface area contributed by atoms with Gasteiger partial charge in [0.1, 0.15) is 0 Å². The molecule has 0 aliphatic carbocycles. The fourth-order valence-corrected chi connectivity index (χ4v) is 2.57. The summed E-state index contributed by atoms with van der Waals surface area (Å²) < 4.78 is 4.19. The summed E-state index contributed by atoms with van der Waals surface area (Å²) in [7, 11) is 0. The molecule has 0 saturated heterocycles. The van der Waals surface area contributed by atoms with Crippen molar-refractivity contribution >= 4 is 10.9 Å². The summed E-state index contributed by atoms with van der Waals surface area (Å²) in [4.78, 5) is 0. The molecule has 0 fully saturated rings. The fraction of sp³-hybridized carbons (Fsp3) is 0.250. The molecule has 0 aliphatic rings. The molecule has 0 spiro atoms. The number of aryl methyl sites for hydroxylation is 2. The molecule has 2 heterocycles. The molecular weight excluding hydrogens is 248 g/mol. The van der Waals surface area contributed by atoms with E-state index in [1.165, 1.54) is 5.69 Å². The molecule has 0 bridgehead atoms. The largest absolute Gasteiger partial charge is 0.341 e. The SMILES string of the molecule is CCn1nc(C)cc1Cn1ccc2ccc(C#N)cc21. The first-order valence-corrected chi connectivity index (χ1v) is 6.73. The van der Waals surface area contributed by atoms with E-state index in [4.69, 9.17) is 5.26 Å². The van der Waals surface area contributed by atoms with Gasteiger partial charge in [-0.2, -0.15) is 10.4 Å². The molecule has 20 heavy (non-hydrogen) atoms. The third-order valence-electron chi connectivity index (χ3n) is 3.52. The van der Waals surface area contributed by atoms with Gasteiger partial charge >= 0.3 is 0 Å². The first kappa shape index (κ1) is 12.5. The number of benzene rings is 1. The summed E-state index contributed by atoms with van der Waals surface area (Å²) >= 11 is 0. The molecule has 3 aromatic rings. The van der Waals surface area contributed by atoms with Gasteiger partial charge in [-0.05, 0) is 43.5 Å². The molecule has 4 heteroatoms. The van der Waals surface area contributed by atoms with E-state index in [1.807, 2.05) is 29.8 Å². The topological polar surface area (TPSA) is 46.5 Å². The van der Waals surface area contributed by atoms with Crippen molar-refractivity contribution in [2.24, 2.45) is 0 Å². The Labute approximate surface area is 117 Å². The van der Waals surface area contributed by atoms with Gasteiger partial charge in [0.2, 0.25) is 0 Å². The Morgan fingerprint density at radius 1 is 1.25 bits per heavy atom. The van der Waals surface area contributed by atoms with Gasteiger partial charge in [-0.3, -0.25) is 4.68 Å². The van der Waals surface area contributed by atoms with Gasteiger partial charge in [0.25, 0.3) is 0 Å². The summed E-state index contributed by atoms with van der Waals surface area (Å²) in [6.07, 6.45) is 2.06. The molecule has 3 rings (SSSR count). The van der Waals surface area contributed by atoms with E-state index in [1.54, 1.807) is 0 Å². The van der Waals surface area contributed by atoms with E-state index in [0.29, 0.717) is 5.56 Å². The molecule has 4 nitrogen and oxygen atoms in total. The van der Waals surface area contributed by atoms with E-state index >= 15 is 0 Å². The Morgan fingerprint density at radius 3 is 2.85 bits per heavy atom. The number of hydrogen-bond acceptors (Lipinski definition) is 2. The van der Waals surface area contributed by atoms with E-state index < -0.39 is 0 Å². The summed E-state index contributed by atoms with van der Waals surface area (Å²) in [5.74, 6) is 0. The van der Waals surface area contributed by atoms with Crippen LogP contribution in [0.1, 0.15) is 23.9 Å². The molecule has 0 unspecified atom stereocenters.